The van der Waals surface area contributed by atoms with Gasteiger partial charge in [0.15, 0.2) is 0 Å². The number of likely N-dealkylation sites (N-methyl/N-ethyl adjacent to an activating group) is 1. The molecule has 3 amide bonds. The fourth-order valence-corrected chi connectivity index (χ4v) is 7.03. The van der Waals surface area contributed by atoms with E-state index < -0.39 is 6.09 Å². The number of nitrogens with zero attached hydrogens (tertiary/aromatic N) is 4. The fourth-order valence-electron chi connectivity index (χ4n) is 7.03. The third kappa shape index (κ3) is 6.24. The van der Waals surface area contributed by atoms with Crippen LogP contribution < -0.4 is 15.4 Å². The van der Waals surface area contributed by atoms with Crippen molar-refractivity contribution in [2.24, 2.45) is 0 Å². The molecule has 2 aliphatic heterocycles. The van der Waals surface area contributed by atoms with Crippen molar-refractivity contribution in [2.45, 2.75) is 58.3 Å². The number of carbonyl (C=O) groups is 3. The van der Waals surface area contributed by atoms with Gasteiger partial charge in [-0.05, 0) is 79.6 Å². The van der Waals surface area contributed by atoms with Crippen molar-refractivity contribution in [2.75, 3.05) is 33.8 Å². The van der Waals surface area contributed by atoms with Gasteiger partial charge in [0.05, 0.1) is 49.2 Å². The van der Waals surface area contributed by atoms with E-state index in [2.05, 4.69) is 80.6 Å². The molecule has 0 unspecified atom stereocenters. The quantitative estimate of drug-likeness (QED) is 0.160. The molecular formula is C37H42N8O5. The Balaban J connectivity index is 1.13. The first kappa shape index (κ1) is 33.1. The van der Waals surface area contributed by atoms with Crippen molar-refractivity contribution >= 4 is 39.7 Å². The summed E-state index contributed by atoms with van der Waals surface area (Å²) < 4.78 is 10.9. The predicted octanol–water partition coefficient (Wildman–Crippen LogP) is 5.03. The average Bonchev–Trinajstić information content (AvgIpc) is 3.91. The van der Waals surface area contributed by atoms with E-state index in [9.17, 15) is 14.4 Å². The van der Waals surface area contributed by atoms with Gasteiger partial charge in [-0.25, -0.2) is 14.8 Å². The summed E-state index contributed by atoms with van der Waals surface area (Å²) in [6.45, 7) is 5.73. The summed E-state index contributed by atoms with van der Waals surface area (Å²) in [6.07, 6.45) is 3.67. The molecule has 0 saturated carbocycles. The zero-order valence-electron chi connectivity index (χ0n) is 28.8. The van der Waals surface area contributed by atoms with E-state index in [-0.39, 0.29) is 37.0 Å². The summed E-state index contributed by atoms with van der Waals surface area (Å²) in [5.74, 6) is 2.14. The highest BCUT2D eigenvalue weighted by molar-refractivity contribution is 6.07. The number of benzene rings is 3. The number of amides is 3. The summed E-state index contributed by atoms with van der Waals surface area (Å²) in [6, 6.07) is 14.6. The van der Waals surface area contributed by atoms with Crippen LogP contribution >= 0.6 is 0 Å². The summed E-state index contributed by atoms with van der Waals surface area (Å²) in [7, 11) is 3.05. The second-order valence-electron chi connectivity index (χ2n) is 13.0. The molecule has 7 rings (SSSR count). The normalized spacial score (nSPS) is 15.8. The molecule has 13 heteroatoms. The molecule has 4 N–H and O–H groups in total. The van der Waals surface area contributed by atoms with Crippen molar-refractivity contribution < 1.29 is 23.9 Å². The Bertz CT molecular complexity index is 2090. The minimum atomic E-state index is -0.634. The van der Waals surface area contributed by atoms with Gasteiger partial charge < -0.3 is 39.9 Å². The van der Waals surface area contributed by atoms with Crippen LogP contribution in [0.5, 0.6) is 5.75 Å². The van der Waals surface area contributed by atoms with Gasteiger partial charge in [0.1, 0.15) is 30.5 Å². The molecule has 3 aromatic carbocycles. The van der Waals surface area contributed by atoms with Crippen LogP contribution in [-0.2, 0) is 27.5 Å². The number of carbonyl (C=O) groups excluding carboxylic acids is 3. The molecule has 5 aromatic rings. The van der Waals surface area contributed by atoms with Crippen molar-refractivity contribution in [1.82, 2.24) is 40.4 Å². The number of nitrogens with one attached hydrogen (secondary N) is 4. The van der Waals surface area contributed by atoms with Crippen molar-refractivity contribution in [3.05, 3.63) is 65.9 Å². The topological polar surface area (TPSA) is 158 Å². The molecule has 0 spiro atoms. The number of imidazole rings is 2. The van der Waals surface area contributed by atoms with Gasteiger partial charge in [-0.15, -0.1) is 0 Å². The number of H-pyrrole nitrogens is 2. The Morgan fingerprint density at radius 1 is 1.12 bits per heavy atom. The largest absolute Gasteiger partial charge is 0.488 e. The number of likely N-dealkylation sites (tertiary alicyclic amines) is 1. The third-order valence-electron chi connectivity index (χ3n) is 9.85. The minimum Gasteiger partial charge on any atom is -0.488 e. The van der Waals surface area contributed by atoms with E-state index in [1.165, 1.54) is 7.11 Å². The zero-order chi connectivity index (χ0) is 34.9. The molecule has 50 heavy (non-hydrogen) atoms. The smallest absolute Gasteiger partial charge is 0.407 e. The Kier molecular flexibility index (Phi) is 9.15. The summed E-state index contributed by atoms with van der Waals surface area (Å²) in [4.78, 5) is 57.3. The van der Waals surface area contributed by atoms with Crippen LogP contribution in [0.4, 0.5) is 4.79 Å². The molecule has 1 saturated heterocycles. The van der Waals surface area contributed by atoms with Gasteiger partial charge in [0.25, 0.3) is 0 Å². The van der Waals surface area contributed by atoms with Crippen LogP contribution in [0.15, 0.2) is 48.7 Å². The summed E-state index contributed by atoms with van der Waals surface area (Å²) >= 11 is 0. The Hall–Kier alpha value is -5.43. The molecule has 13 nitrogen and oxygen atoms in total. The molecule has 1 fully saturated rings. The fraction of sp³-hybridized carbons (Fsp3) is 0.378. The van der Waals surface area contributed by atoms with Crippen LogP contribution in [0.1, 0.15) is 56.4 Å². The summed E-state index contributed by atoms with van der Waals surface area (Å²) in [5, 5.41) is 7.48. The van der Waals surface area contributed by atoms with Gasteiger partial charge in [0.2, 0.25) is 11.8 Å². The first-order chi connectivity index (χ1) is 24.3. The third-order valence-corrected chi connectivity index (χ3v) is 9.85. The summed E-state index contributed by atoms with van der Waals surface area (Å²) in [5.41, 5.74) is 6.80. The van der Waals surface area contributed by atoms with Crippen LogP contribution in [-0.4, -0.2) is 87.5 Å². The highest BCUT2D eigenvalue weighted by Gasteiger charge is 2.32. The number of methoxy groups -OCH3 is 1. The number of alkyl carbamates (subject to hydrolysis) is 1. The highest BCUT2D eigenvalue weighted by Crippen LogP contribution is 2.42. The standard InChI is InChI=1S/C37H42N8O5/c1-5-21(2)45(33(46)17-38-3)19-32-41-28-11-9-22-14-27-25-10-8-23(13-24(25)20-50-31(27)15-26(22)35(28)43-32)29-16-39-36(42-29)30-7-6-12-44(30)34(47)18-40-37(48)49-4/h8-11,13-16,21,30,38H,5-7,12,17-20H2,1-4H3,(H,39,42)(H,40,48)(H,41,43)/t21-,30-/m0/s1. The van der Waals surface area contributed by atoms with Gasteiger partial charge in [-0.3, -0.25) is 9.59 Å². The van der Waals surface area contributed by atoms with E-state index in [0.29, 0.717) is 19.7 Å². The second kappa shape index (κ2) is 13.8. The van der Waals surface area contributed by atoms with Crippen molar-refractivity contribution in [3.8, 4) is 28.1 Å². The maximum atomic E-state index is 12.8. The van der Waals surface area contributed by atoms with Crippen molar-refractivity contribution in [3.63, 3.8) is 0 Å². The maximum Gasteiger partial charge on any atom is 0.407 e. The van der Waals surface area contributed by atoms with E-state index >= 15 is 0 Å². The van der Waals surface area contributed by atoms with E-state index in [1.54, 1.807) is 18.1 Å². The molecule has 2 aromatic heterocycles. The highest BCUT2D eigenvalue weighted by atomic mass is 16.5. The predicted molar refractivity (Wildman–Crippen MR) is 189 cm³/mol. The lowest BCUT2D eigenvalue weighted by atomic mass is 9.92. The molecule has 0 radical (unpaired) electrons. The van der Waals surface area contributed by atoms with Crippen LogP contribution in [0.2, 0.25) is 0 Å². The molecular weight excluding hydrogens is 636 g/mol. The lowest BCUT2D eigenvalue weighted by Crippen LogP contribution is -2.42. The van der Waals surface area contributed by atoms with Crippen LogP contribution in [0, 0.1) is 0 Å². The SMILES string of the molecule is CC[C@H](C)N(Cc1nc2c(ccc3cc4c(cc32)OCc2cc(-c3cnc([C@@H]5CCCN5C(=O)CNC(=O)OC)[nH]3)ccc2-4)[nH]1)C(=O)CNC. The molecule has 260 valence electrons. The van der Waals surface area contributed by atoms with Crippen LogP contribution in [0.3, 0.4) is 0 Å². The number of ether oxygens (including phenoxy) is 2. The molecule has 4 heterocycles. The van der Waals surface area contributed by atoms with E-state index in [1.807, 2.05) is 11.0 Å². The Labute approximate surface area is 289 Å². The Morgan fingerprint density at radius 3 is 2.78 bits per heavy atom. The lowest BCUT2D eigenvalue weighted by Gasteiger charge is -2.27. The number of fused-ring (bicyclic) bond motifs is 6. The zero-order valence-corrected chi connectivity index (χ0v) is 28.8. The van der Waals surface area contributed by atoms with E-state index in [4.69, 9.17) is 9.72 Å². The molecule has 2 atom stereocenters. The number of aromatic nitrogens is 4. The number of hydrogen-bond acceptors (Lipinski definition) is 8. The molecule has 0 aliphatic carbocycles. The number of hydrogen-bond donors (Lipinski definition) is 4. The monoisotopic (exact) mass is 678 g/mol. The molecule has 2 aliphatic rings. The Morgan fingerprint density at radius 2 is 1.98 bits per heavy atom. The average molecular weight is 679 g/mol. The second-order valence-corrected chi connectivity index (χ2v) is 13.0. The van der Waals surface area contributed by atoms with Gasteiger partial charge in [-0.1, -0.05) is 25.1 Å². The van der Waals surface area contributed by atoms with E-state index in [0.717, 1.165) is 86.4 Å². The van der Waals surface area contributed by atoms with Crippen LogP contribution in [0.25, 0.3) is 44.2 Å². The van der Waals surface area contributed by atoms with Gasteiger partial charge in [-0.2, -0.15) is 0 Å². The lowest BCUT2D eigenvalue weighted by molar-refractivity contribution is -0.133. The van der Waals surface area contributed by atoms with Gasteiger partial charge in [0, 0.05) is 23.5 Å². The van der Waals surface area contributed by atoms with Gasteiger partial charge >= 0.3 is 6.09 Å². The maximum absolute atomic E-state index is 12.8. The first-order valence-corrected chi connectivity index (χ1v) is 17.1. The number of aromatic amines is 2. The van der Waals surface area contributed by atoms with Crippen molar-refractivity contribution in [1.29, 1.82) is 0 Å². The first-order valence-electron chi connectivity index (χ1n) is 17.1. The molecule has 0 bridgehead atoms. The number of rotatable bonds is 10. The minimum absolute atomic E-state index is 0.0446.